The number of nitrogens with one attached hydrogen (secondary N) is 1. The molecule has 0 spiro atoms. The van der Waals surface area contributed by atoms with Crippen molar-refractivity contribution in [3.63, 3.8) is 0 Å². The van der Waals surface area contributed by atoms with Crippen LogP contribution in [0.15, 0.2) is 11.0 Å². The zero-order valence-electron chi connectivity index (χ0n) is 9.13. The molecule has 0 aliphatic rings. The number of rotatable bonds is 4. The summed E-state index contributed by atoms with van der Waals surface area (Å²) in [5.74, 6) is -0.758. The maximum Gasteiger partial charge on any atom is 0.310 e. The second kappa shape index (κ2) is 5.53. The van der Waals surface area contributed by atoms with E-state index in [2.05, 4.69) is 9.72 Å². The molecule has 1 heterocycles. The molecule has 0 radical (unpaired) electrons. The maximum atomic E-state index is 12.6. The molecule has 1 aromatic rings. The Kier molecular flexibility index (Phi) is 4.33. The molecule has 0 fully saturated rings. The monoisotopic (exact) mass is 246 g/mol. The Labute approximate surface area is 95.6 Å². The number of ether oxygens (including phenoxy) is 1. The number of esters is 1. The van der Waals surface area contributed by atoms with E-state index in [0.29, 0.717) is 0 Å². The van der Waals surface area contributed by atoms with Crippen LogP contribution in [0.3, 0.4) is 0 Å². The van der Waals surface area contributed by atoms with E-state index in [1.165, 1.54) is 0 Å². The van der Waals surface area contributed by atoms with Gasteiger partial charge in [0.25, 0.3) is 6.43 Å². The van der Waals surface area contributed by atoms with Crippen LogP contribution >= 0.6 is 0 Å². The lowest BCUT2D eigenvalue weighted by Gasteiger charge is -2.09. The molecule has 0 bridgehead atoms. The third kappa shape index (κ3) is 2.88. The van der Waals surface area contributed by atoms with Crippen molar-refractivity contribution in [2.24, 2.45) is 5.73 Å². The number of aromatic nitrogens is 1. The summed E-state index contributed by atoms with van der Waals surface area (Å²) in [5.41, 5.74) is 3.92. The Morgan fingerprint density at radius 1 is 1.59 bits per heavy atom. The normalized spacial score (nSPS) is 10.6. The second-order valence-corrected chi connectivity index (χ2v) is 3.29. The first-order valence-corrected chi connectivity index (χ1v) is 4.79. The zero-order chi connectivity index (χ0) is 13.0. The Morgan fingerprint density at radius 2 is 2.24 bits per heavy atom. The molecule has 0 aliphatic carbocycles. The van der Waals surface area contributed by atoms with Crippen LogP contribution in [0.2, 0.25) is 0 Å². The largest absolute Gasteiger partial charge is 0.469 e. The maximum absolute atomic E-state index is 12.6. The fourth-order valence-electron chi connectivity index (χ4n) is 1.37. The van der Waals surface area contributed by atoms with Crippen molar-refractivity contribution in [3.05, 3.63) is 33.2 Å². The summed E-state index contributed by atoms with van der Waals surface area (Å²) < 4.78 is 29.6. The average Bonchev–Trinajstić information content (AvgIpc) is 2.30. The Bertz CT molecular complexity index is 471. The summed E-state index contributed by atoms with van der Waals surface area (Å²) in [5, 5.41) is 0. The Hall–Kier alpha value is -1.76. The van der Waals surface area contributed by atoms with Gasteiger partial charge in [0.05, 0.1) is 19.2 Å². The molecule has 7 heteroatoms. The molecule has 17 heavy (non-hydrogen) atoms. The molecule has 0 aromatic carbocycles. The van der Waals surface area contributed by atoms with Crippen molar-refractivity contribution in [1.29, 1.82) is 0 Å². The van der Waals surface area contributed by atoms with Gasteiger partial charge in [-0.25, -0.2) is 8.78 Å². The fourth-order valence-corrected chi connectivity index (χ4v) is 1.37. The third-order valence-corrected chi connectivity index (χ3v) is 2.28. The summed E-state index contributed by atoms with van der Waals surface area (Å²) in [6, 6.07) is 0. The number of carbonyl (C=O) groups is 1. The topological polar surface area (TPSA) is 85.2 Å². The van der Waals surface area contributed by atoms with Gasteiger partial charge in [-0.1, -0.05) is 0 Å². The molecule has 0 aliphatic heterocycles. The van der Waals surface area contributed by atoms with E-state index in [-0.39, 0.29) is 17.7 Å². The van der Waals surface area contributed by atoms with Gasteiger partial charge in [-0.2, -0.15) is 0 Å². The van der Waals surface area contributed by atoms with Gasteiger partial charge < -0.3 is 15.5 Å². The van der Waals surface area contributed by atoms with Gasteiger partial charge >= 0.3 is 5.97 Å². The second-order valence-electron chi connectivity index (χ2n) is 3.29. The molecular weight excluding hydrogens is 234 g/mol. The predicted octanol–water partition coefficient (Wildman–Crippen LogP) is 0.487. The molecule has 0 saturated heterocycles. The Morgan fingerprint density at radius 3 is 2.71 bits per heavy atom. The summed E-state index contributed by atoms with van der Waals surface area (Å²) in [4.78, 5) is 25.1. The van der Waals surface area contributed by atoms with Crippen molar-refractivity contribution in [3.8, 4) is 0 Å². The SMILES string of the molecule is COC(=O)Cc1c(C(F)F)[nH]cc(CN)c1=O. The summed E-state index contributed by atoms with van der Waals surface area (Å²) in [6.07, 6.45) is -2.24. The van der Waals surface area contributed by atoms with Crippen LogP contribution in [0.1, 0.15) is 23.2 Å². The molecule has 94 valence electrons. The van der Waals surface area contributed by atoms with E-state index < -0.39 is 29.9 Å². The molecule has 5 nitrogen and oxygen atoms in total. The Balaban J connectivity index is 3.30. The van der Waals surface area contributed by atoms with E-state index in [9.17, 15) is 18.4 Å². The van der Waals surface area contributed by atoms with Gasteiger partial charge in [-0.15, -0.1) is 0 Å². The van der Waals surface area contributed by atoms with Crippen molar-refractivity contribution in [2.45, 2.75) is 19.4 Å². The third-order valence-electron chi connectivity index (χ3n) is 2.28. The van der Waals surface area contributed by atoms with Crippen LogP contribution in [0.5, 0.6) is 0 Å². The highest BCUT2D eigenvalue weighted by atomic mass is 19.3. The van der Waals surface area contributed by atoms with Gasteiger partial charge in [0, 0.05) is 23.9 Å². The number of nitrogens with two attached hydrogens (primary N) is 1. The molecule has 0 unspecified atom stereocenters. The van der Waals surface area contributed by atoms with Crippen LogP contribution in [0.4, 0.5) is 8.78 Å². The predicted molar refractivity (Wildman–Crippen MR) is 55.6 cm³/mol. The molecular formula is C10H12F2N2O3. The lowest BCUT2D eigenvalue weighted by molar-refractivity contribution is -0.139. The quantitative estimate of drug-likeness (QED) is 0.757. The van der Waals surface area contributed by atoms with Crippen molar-refractivity contribution < 1.29 is 18.3 Å². The lowest BCUT2D eigenvalue weighted by atomic mass is 10.1. The number of halogens is 2. The van der Waals surface area contributed by atoms with Crippen LogP contribution in [0, 0.1) is 0 Å². The van der Waals surface area contributed by atoms with Crippen LogP contribution in [-0.4, -0.2) is 18.1 Å². The molecule has 0 amide bonds. The first kappa shape index (κ1) is 13.3. The standard InChI is InChI=1S/C10H12F2N2O3/c1-17-7(15)2-6-8(10(11)12)14-4-5(3-13)9(6)16/h4,10H,2-3,13H2,1H3,(H,14,16). The molecule has 1 rings (SSSR count). The van der Waals surface area contributed by atoms with Gasteiger partial charge in [0.1, 0.15) is 0 Å². The number of methoxy groups -OCH3 is 1. The highest BCUT2D eigenvalue weighted by Gasteiger charge is 2.20. The minimum absolute atomic E-state index is 0.0903. The van der Waals surface area contributed by atoms with Crippen molar-refractivity contribution in [2.75, 3.05) is 7.11 Å². The summed E-state index contributed by atoms with van der Waals surface area (Å²) >= 11 is 0. The zero-order valence-corrected chi connectivity index (χ0v) is 9.13. The van der Waals surface area contributed by atoms with Gasteiger partial charge in [0.15, 0.2) is 5.43 Å². The first-order valence-electron chi connectivity index (χ1n) is 4.79. The van der Waals surface area contributed by atoms with Crippen LogP contribution in [-0.2, 0) is 22.5 Å². The van der Waals surface area contributed by atoms with Gasteiger partial charge in [-0.3, -0.25) is 9.59 Å². The van der Waals surface area contributed by atoms with Crippen LogP contribution < -0.4 is 11.2 Å². The lowest BCUT2D eigenvalue weighted by Crippen LogP contribution is -2.23. The molecule has 3 N–H and O–H groups in total. The summed E-state index contributed by atoms with van der Waals surface area (Å²) in [6.45, 7) is -0.0903. The fraction of sp³-hybridized carbons (Fsp3) is 0.400. The van der Waals surface area contributed by atoms with E-state index in [1.54, 1.807) is 0 Å². The van der Waals surface area contributed by atoms with Crippen molar-refractivity contribution in [1.82, 2.24) is 4.98 Å². The highest BCUT2D eigenvalue weighted by molar-refractivity contribution is 5.72. The van der Waals surface area contributed by atoms with Crippen molar-refractivity contribution >= 4 is 5.97 Å². The number of hydrogen-bond donors (Lipinski definition) is 2. The number of alkyl halides is 2. The first-order chi connectivity index (χ1) is 8.01. The average molecular weight is 246 g/mol. The minimum Gasteiger partial charge on any atom is -0.469 e. The van der Waals surface area contributed by atoms with E-state index >= 15 is 0 Å². The molecule has 0 saturated carbocycles. The summed E-state index contributed by atoms with van der Waals surface area (Å²) in [7, 11) is 1.12. The van der Waals surface area contributed by atoms with Gasteiger partial charge in [-0.05, 0) is 0 Å². The minimum atomic E-state index is -2.87. The van der Waals surface area contributed by atoms with E-state index in [0.717, 1.165) is 13.3 Å². The smallest absolute Gasteiger partial charge is 0.310 e. The number of aromatic amines is 1. The van der Waals surface area contributed by atoms with Gasteiger partial charge in [0.2, 0.25) is 0 Å². The number of pyridine rings is 1. The molecule has 1 aromatic heterocycles. The number of carbonyl (C=O) groups excluding carboxylic acids is 1. The molecule has 0 atom stereocenters. The highest BCUT2D eigenvalue weighted by Crippen LogP contribution is 2.19. The van der Waals surface area contributed by atoms with E-state index in [4.69, 9.17) is 5.73 Å². The number of hydrogen-bond acceptors (Lipinski definition) is 4. The van der Waals surface area contributed by atoms with Crippen LogP contribution in [0.25, 0.3) is 0 Å². The number of H-pyrrole nitrogens is 1. The van der Waals surface area contributed by atoms with E-state index in [1.807, 2.05) is 0 Å².